The van der Waals surface area contributed by atoms with E-state index in [-0.39, 0.29) is 11.9 Å². The maximum absolute atomic E-state index is 12.5. The van der Waals surface area contributed by atoms with Crippen LogP contribution in [0, 0.1) is 0 Å². The van der Waals surface area contributed by atoms with Gasteiger partial charge < -0.3 is 9.64 Å². The van der Waals surface area contributed by atoms with E-state index in [0.717, 1.165) is 39.0 Å². The number of aromatic amines is 1. The zero-order chi connectivity index (χ0) is 14.7. The van der Waals surface area contributed by atoms with Crippen LogP contribution in [0.3, 0.4) is 0 Å². The Kier molecular flexibility index (Phi) is 4.55. The maximum atomic E-state index is 12.5. The van der Waals surface area contributed by atoms with Crippen LogP contribution in [0.5, 0.6) is 0 Å². The lowest BCUT2D eigenvalue weighted by Gasteiger charge is -2.38. The van der Waals surface area contributed by atoms with E-state index in [1.54, 1.807) is 0 Å². The van der Waals surface area contributed by atoms with Gasteiger partial charge in [0, 0.05) is 30.9 Å². The van der Waals surface area contributed by atoms with Crippen LogP contribution in [0.15, 0.2) is 12.3 Å². The Morgan fingerprint density at radius 2 is 2.05 bits per heavy atom. The predicted molar refractivity (Wildman–Crippen MR) is 79.0 cm³/mol. The molecule has 3 rings (SSSR count). The van der Waals surface area contributed by atoms with Crippen LogP contribution in [-0.2, 0) is 9.53 Å². The number of piperidine rings is 1. The van der Waals surface area contributed by atoms with Gasteiger partial charge in [-0.15, -0.1) is 0 Å². The van der Waals surface area contributed by atoms with Crippen molar-refractivity contribution in [1.29, 1.82) is 0 Å². The number of amides is 1. The molecule has 2 saturated heterocycles. The SMILES string of the molecule is C[C@H](C(=O)N1CCOCC1)N1CCC(c2ccn[nH]2)CC1. The summed E-state index contributed by atoms with van der Waals surface area (Å²) in [6.07, 6.45) is 3.98. The van der Waals surface area contributed by atoms with Crippen LogP contribution >= 0.6 is 0 Å². The first-order valence-corrected chi connectivity index (χ1v) is 7.85. The minimum Gasteiger partial charge on any atom is -0.378 e. The smallest absolute Gasteiger partial charge is 0.239 e. The van der Waals surface area contributed by atoms with Gasteiger partial charge in [-0.1, -0.05) is 0 Å². The number of hydrogen-bond donors (Lipinski definition) is 1. The number of nitrogens with one attached hydrogen (secondary N) is 1. The average Bonchev–Trinajstić information content (AvgIpc) is 3.09. The van der Waals surface area contributed by atoms with Gasteiger partial charge in [-0.3, -0.25) is 14.8 Å². The largest absolute Gasteiger partial charge is 0.378 e. The summed E-state index contributed by atoms with van der Waals surface area (Å²) >= 11 is 0. The molecule has 1 aromatic heterocycles. The lowest BCUT2D eigenvalue weighted by molar-refractivity contribution is -0.140. The molecule has 0 spiro atoms. The van der Waals surface area contributed by atoms with Gasteiger partial charge in [0.25, 0.3) is 0 Å². The van der Waals surface area contributed by atoms with E-state index >= 15 is 0 Å². The molecule has 116 valence electrons. The van der Waals surface area contributed by atoms with Crippen LogP contribution in [0.25, 0.3) is 0 Å². The molecule has 0 radical (unpaired) electrons. The Morgan fingerprint density at radius 1 is 1.33 bits per heavy atom. The molecule has 0 saturated carbocycles. The predicted octanol–water partition coefficient (Wildman–Crippen LogP) is 0.836. The summed E-state index contributed by atoms with van der Waals surface area (Å²) in [5.74, 6) is 0.799. The average molecular weight is 292 g/mol. The highest BCUT2D eigenvalue weighted by molar-refractivity contribution is 5.81. The highest BCUT2D eigenvalue weighted by atomic mass is 16.5. The van der Waals surface area contributed by atoms with Gasteiger partial charge in [0.15, 0.2) is 0 Å². The lowest BCUT2D eigenvalue weighted by Crippen LogP contribution is -2.52. The molecular weight excluding hydrogens is 268 g/mol. The molecule has 2 aliphatic heterocycles. The second-order valence-corrected chi connectivity index (χ2v) is 5.94. The van der Waals surface area contributed by atoms with E-state index in [1.165, 1.54) is 5.69 Å². The van der Waals surface area contributed by atoms with E-state index in [2.05, 4.69) is 21.2 Å². The molecule has 2 aliphatic rings. The molecule has 21 heavy (non-hydrogen) atoms. The van der Waals surface area contributed by atoms with E-state index in [1.807, 2.05) is 18.0 Å². The highest BCUT2D eigenvalue weighted by Gasteiger charge is 2.30. The molecule has 6 heteroatoms. The van der Waals surface area contributed by atoms with Crippen molar-refractivity contribution < 1.29 is 9.53 Å². The van der Waals surface area contributed by atoms with Crippen molar-refractivity contribution in [2.24, 2.45) is 0 Å². The normalized spacial score (nSPS) is 23.2. The zero-order valence-electron chi connectivity index (χ0n) is 12.6. The Balaban J connectivity index is 1.52. The van der Waals surface area contributed by atoms with Gasteiger partial charge in [0.2, 0.25) is 5.91 Å². The number of rotatable bonds is 3. The number of ether oxygens (including phenoxy) is 1. The number of aromatic nitrogens is 2. The summed E-state index contributed by atoms with van der Waals surface area (Å²) in [4.78, 5) is 16.8. The number of morpholine rings is 1. The lowest BCUT2D eigenvalue weighted by atomic mass is 9.93. The van der Waals surface area contributed by atoms with Gasteiger partial charge in [-0.2, -0.15) is 5.10 Å². The molecule has 0 bridgehead atoms. The van der Waals surface area contributed by atoms with Crippen molar-refractivity contribution in [2.75, 3.05) is 39.4 Å². The topological polar surface area (TPSA) is 61.5 Å². The number of likely N-dealkylation sites (tertiary alicyclic amines) is 1. The van der Waals surface area contributed by atoms with Gasteiger partial charge in [-0.05, 0) is 38.9 Å². The van der Waals surface area contributed by atoms with Gasteiger partial charge in [0.1, 0.15) is 0 Å². The summed E-state index contributed by atoms with van der Waals surface area (Å²) in [7, 11) is 0. The summed E-state index contributed by atoms with van der Waals surface area (Å²) < 4.78 is 5.31. The van der Waals surface area contributed by atoms with Crippen molar-refractivity contribution in [3.8, 4) is 0 Å². The summed E-state index contributed by atoms with van der Waals surface area (Å²) in [6.45, 7) is 6.78. The van der Waals surface area contributed by atoms with Crippen molar-refractivity contribution in [2.45, 2.75) is 31.7 Å². The van der Waals surface area contributed by atoms with Crippen molar-refractivity contribution in [1.82, 2.24) is 20.0 Å². The molecule has 0 aromatic carbocycles. The number of carbonyl (C=O) groups is 1. The van der Waals surface area contributed by atoms with Gasteiger partial charge >= 0.3 is 0 Å². The molecule has 1 N–H and O–H groups in total. The van der Waals surface area contributed by atoms with Crippen LogP contribution in [-0.4, -0.2) is 71.3 Å². The fourth-order valence-electron chi connectivity index (χ4n) is 3.30. The molecule has 0 aliphatic carbocycles. The Labute approximate surface area is 125 Å². The van der Waals surface area contributed by atoms with Crippen molar-refractivity contribution >= 4 is 5.91 Å². The number of hydrogen-bond acceptors (Lipinski definition) is 4. The fraction of sp³-hybridized carbons (Fsp3) is 0.733. The third-order valence-corrected chi connectivity index (χ3v) is 4.72. The molecule has 2 fully saturated rings. The Morgan fingerprint density at radius 3 is 2.67 bits per heavy atom. The molecular formula is C15H24N4O2. The molecule has 1 aromatic rings. The first kappa shape index (κ1) is 14.5. The first-order chi connectivity index (χ1) is 10.3. The first-order valence-electron chi connectivity index (χ1n) is 7.85. The minimum atomic E-state index is -0.0224. The van der Waals surface area contributed by atoms with Gasteiger partial charge in [-0.25, -0.2) is 0 Å². The van der Waals surface area contributed by atoms with E-state index in [0.29, 0.717) is 19.1 Å². The maximum Gasteiger partial charge on any atom is 0.239 e. The van der Waals surface area contributed by atoms with E-state index in [4.69, 9.17) is 4.74 Å². The minimum absolute atomic E-state index is 0.0224. The fourth-order valence-corrected chi connectivity index (χ4v) is 3.30. The molecule has 0 unspecified atom stereocenters. The third kappa shape index (κ3) is 3.27. The van der Waals surface area contributed by atoms with E-state index < -0.39 is 0 Å². The van der Waals surface area contributed by atoms with Crippen molar-refractivity contribution in [3.63, 3.8) is 0 Å². The third-order valence-electron chi connectivity index (χ3n) is 4.72. The molecule has 1 amide bonds. The van der Waals surface area contributed by atoms with Gasteiger partial charge in [0.05, 0.1) is 19.3 Å². The number of nitrogens with zero attached hydrogens (tertiary/aromatic N) is 3. The number of carbonyl (C=O) groups excluding carboxylic acids is 1. The van der Waals surface area contributed by atoms with Crippen LogP contribution < -0.4 is 0 Å². The monoisotopic (exact) mass is 292 g/mol. The standard InChI is InChI=1S/C15H24N4O2/c1-12(15(20)19-8-10-21-11-9-19)18-6-3-13(4-7-18)14-2-5-16-17-14/h2,5,12-13H,3-4,6-11H2,1H3,(H,16,17)/t12-/m1/s1. The molecule has 6 nitrogen and oxygen atoms in total. The second-order valence-electron chi connectivity index (χ2n) is 5.94. The number of H-pyrrole nitrogens is 1. The zero-order valence-corrected chi connectivity index (χ0v) is 12.6. The summed E-state index contributed by atoms with van der Waals surface area (Å²) in [5.41, 5.74) is 1.22. The van der Waals surface area contributed by atoms with Crippen LogP contribution in [0.1, 0.15) is 31.4 Å². The Hall–Kier alpha value is -1.40. The van der Waals surface area contributed by atoms with Crippen molar-refractivity contribution in [3.05, 3.63) is 18.0 Å². The van der Waals surface area contributed by atoms with Crippen LogP contribution in [0.2, 0.25) is 0 Å². The molecule has 1 atom stereocenters. The van der Waals surface area contributed by atoms with E-state index in [9.17, 15) is 4.79 Å². The summed E-state index contributed by atoms with van der Waals surface area (Å²) in [6, 6.07) is 2.04. The Bertz CT molecular complexity index is 448. The summed E-state index contributed by atoms with van der Waals surface area (Å²) in [5, 5.41) is 7.10. The second kappa shape index (κ2) is 6.58. The van der Waals surface area contributed by atoms with Crippen LogP contribution in [0.4, 0.5) is 0 Å². The highest BCUT2D eigenvalue weighted by Crippen LogP contribution is 2.27. The molecule has 3 heterocycles. The quantitative estimate of drug-likeness (QED) is 0.896.